The molecule has 0 saturated heterocycles. The van der Waals surface area contributed by atoms with Gasteiger partial charge in [0.25, 0.3) is 5.91 Å². The number of carbonyl (C=O) groups excluding carboxylic acids is 1. The number of carbonyl (C=O) groups is 1. The Labute approximate surface area is 151 Å². The summed E-state index contributed by atoms with van der Waals surface area (Å²) in [6, 6.07) is 8.22. The molecule has 5 rings (SSSR count). The minimum absolute atomic E-state index is 0.00267. The third-order valence-electron chi connectivity index (χ3n) is 5.63. The Kier molecular flexibility index (Phi) is 3.66. The fourth-order valence-corrected chi connectivity index (χ4v) is 5.19. The van der Waals surface area contributed by atoms with Crippen LogP contribution in [0.3, 0.4) is 0 Å². The van der Waals surface area contributed by atoms with Crippen LogP contribution in [-0.2, 0) is 25.8 Å². The molecule has 2 aliphatic rings. The lowest BCUT2D eigenvalue weighted by atomic mass is 10.00. The summed E-state index contributed by atoms with van der Waals surface area (Å²) in [5.41, 5.74) is 6.90. The molecule has 4 heteroatoms. The monoisotopic (exact) mass is 350 g/mol. The maximum Gasteiger partial charge on any atom is 0.265 e. The first-order chi connectivity index (χ1) is 12.3. The fraction of sp³-hybridized carbons (Fsp3) is 0.381. The SMILES string of the molecule is O=C(Nc1cc2c3c(c1)c1c(n3CCC2)CCCCC1)c1cccs1. The Hall–Kier alpha value is -2.07. The lowest BCUT2D eigenvalue weighted by Gasteiger charge is -2.19. The average molecular weight is 350 g/mol. The van der Waals surface area contributed by atoms with Crippen molar-refractivity contribution in [3.63, 3.8) is 0 Å². The van der Waals surface area contributed by atoms with Crippen LogP contribution >= 0.6 is 11.3 Å². The van der Waals surface area contributed by atoms with E-state index in [0.717, 1.165) is 23.5 Å². The second-order valence-electron chi connectivity index (χ2n) is 7.20. The Morgan fingerprint density at radius 1 is 1.08 bits per heavy atom. The molecular formula is C21H22N2OS. The summed E-state index contributed by atoms with van der Waals surface area (Å²) in [5.74, 6) is 0.00267. The Bertz CT molecular complexity index is 952. The van der Waals surface area contributed by atoms with E-state index < -0.39 is 0 Å². The summed E-state index contributed by atoms with van der Waals surface area (Å²) in [4.78, 5) is 13.2. The van der Waals surface area contributed by atoms with E-state index in [-0.39, 0.29) is 5.91 Å². The fourth-order valence-electron chi connectivity index (χ4n) is 4.57. The van der Waals surface area contributed by atoms with Crippen LogP contribution in [-0.4, -0.2) is 10.5 Å². The van der Waals surface area contributed by atoms with Gasteiger partial charge < -0.3 is 9.88 Å². The van der Waals surface area contributed by atoms with Gasteiger partial charge in [0.05, 0.1) is 10.4 Å². The third kappa shape index (κ3) is 2.51. The van der Waals surface area contributed by atoms with Gasteiger partial charge in [0, 0.05) is 23.3 Å². The maximum absolute atomic E-state index is 12.5. The molecule has 128 valence electrons. The predicted octanol–water partition coefficient (Wildman–Crippen LogP) is 5.17. The Morgan fingerprint density at radius 3 is 2.88 bits per heavy atom. The topological polar surface area (TPSA) is 34.0 Å². The Morgan fingerprint density at radius 2 is 2.00 bits per heavy atom. The summed E-state index contributed by atoms with van der Waals surface area (Å²) in [7, 11) is 0. The van der Waals surface area contributed by atoms with Gasteiger partial charge in [-0.2, -0.15) is 0 Å². The van der Waals surface area contributed by atoms with Crippen molar-refractivity contribution in [3.8, 4) is 0 Å². The molecule has 0 spiro atoms. The van der Waals surface area contributed by atoms with Gasteiger partial charge in [0.2, 0.25) is 0 Å². The van der Waals surface area contributed by atoms with Gasteiger partial charge in [-0.05, 0) is 73.2 Å². The first-order valence-corrected chi connectivity index (χ1v) is 10.2. The van der Waals surface area contributed by atoms with E-state index in [1.54, 1.807) is 11.3 Å². The highest BCUT2D eigenvalue weighted by atomic mass is 32.1. The van der Waals surface area contributed by atoms with Gasteiger partial charge >= 0.3 is 0 Å². The van der Waals surface area contributed by atoms with Crippen LogP contribution in [0, 0.1) is 0 Å². The van der Waals surface area contributed by atoms with Crippen LogP contribution in [0.5, 0.6) is 0 Å². The number of benzene rings is 1. The van der Waals surface area contributed by atoms with Crippen molar-refractivity contribution in [2.75, 3.05) is 5.32 Å². The first kappa shape index (κ1) is 15.2. The van der Waals surface area contributed by atoms with E-state index in [2.05, 4.69) is 22.0 Å². The van der Waals surface area contributed by atoms with E-state index in [1.165, 1.54) is 66.3 Å². The molecule has 0 atom stereocenters. The van der Waals surface area contributed by atoms with Gasteiger partial charge in [-0.25, -0.2) is 0 Å². The van der Waals surface area contributed by atoms with Crippen LogP contribution in [0.25, 0.3) is 10.9 Å². The molecule has 0 bridgehead atoms. The number of aromatic nitrogens is 1. The lowest BCUT2D eigenvalue weighted by molar-refractivity contribution is 0.103. The predicted molar refractivity (Wildman–Crippen MR) is 104 cm³/mol. The van der Waals surface area contributed by atoms with E-state index in [1.807, 2.05) is 17.5 Å². The summed E-state index contributed by atoms with van der Waals surface area (Å²) in [6.45, 7) is 1.15. The van der Waals surface area contributed by atoms with Crippen LogP contribution in [0.15, 0.2) is 29.6 Å². The highest BCUT2D eigenvalue weighted by Crippen LogP contribution is 2.38. The minimum atomic E-state index is 0.00267. The molecule has 0 radical (unpaired) electrons. The number of aryl methyl sites for hydroxylation is 3. The molecule has 1 aliphatic carbocycles. The Balaban J connectivity index is 1.63. The largest absolute Gasteiger partial charge is 0.344 e. The molecule has 3 nitrogen and oxygen atoms in total. The van der Waals surface area contributed by atoms with Crippen molar-refractivity contribution >= 4 is 33.8 Å². The molecule has 1 amide bonds. The third-order valence-corrected chi connectivity index (χ3v) is 6.50. The molecule has 1 aromatic carbocycles. The average Bonchev–Trinajstić information content (AvgIpc) is 3.17. The number of anilines is 1. The summed E-state index contributed by atoms with van der Waals surface area (Å²) < 4.78 is 2.58. The highest BCUT2D eigenvalue weighted by Gasteiger charge is 2.24. The van der Waals surface area contributed by atoms with E-state index in [9.17, 15) is 4.79 Å². The van der Waals surface area contributed by atoms with Gasteiger partial charge in [0.1, 0.15) is 0 Å². The van der Waals surface area contributed by atoms with Gasteiger partial charge in [-0.15, -0.1) is 11.3 Å². The van der Waals surface area contributed by atoms with Crippen LogP contribution in [0.2, 0.25) is 0 Å². The zero-order valence-corrected chi connectivity index (χ0v) is 15.1. The molecular weight excluding hydrogens is 328 g/mol. The van der Waals surface area contributed by atoms with Gasteiger partial charge in [-0.3, -0.25) is 4.79 Å². The molecule has 0 unspecified atom stereocenters. The molecule has 0 fully saturated rings. The van der Waals surface area contributed by atoms with Crippen LogP contribution < -0.4 is 5.32 Å². The van der Waals surface area contributed by atoms with Gasteiger partial charge in [0.15, 0.2) is 0 Å². The van der Waals surface area contributed by atoms with Gasteiger partial charge in [-0.1, -0.05) is 12.5 Å². The standard InChI is InChI=1S/C21H22N2OS/c24-21(19-9-5-11-25-19)22-15-12-14-6-4-10-23-18-8-3-1-2-7-16(18)17(13-15)20(14)23/h5,9,11-13H,1-4,6-8,10H2,(H,22,24). The number of amides is 1. The maximum atomic E-state index is 12.5. The quantitative estimate of drug-likeness (QED) is 0.636. The lowest BCUT2D eigenvalue weighted by Crippen LogP contribution is -2.13. The molecule has 3 aromatic rings. The number of rotatable bonds is 2. The minimum Gasteiger partial charge on any atom is -0.344 e. The molecule has 1 aliphatic heterocycles. The summed E-state index contributed by atoms with van der Waals surface area (Å²) in [5, 5.41) is 6.46. The molecule has 25 heavy (non-hydrogen) atoms. The van der Waals surface area contributed by atoms with E-state index in [4.69, 9.17) is 0 Å². The highest BCUT2D eigenvalue weighted by molar-refractivity contribution is 7.12. The summed E-state index contributed by atoms with van der Waals surface area (Å²) in [6.07, 6.45) is 8.63. The number of nitrogens with zero attached hydrogens (tertiary/aromatic N) is 1. The molecule has 1 N–H and O–H groups in total. The number of thiophene rings is 1. The molecule has 3 heterocycles. The van der Waals surface area contributed by atoms with Crippen molar-refractivity contribution in [2.45, 2.75) is 51.5 Å². The van der Waals surface area contributed by atoms with Crippen molar-refractivity contribution in [3.05, 3.63) is 51.3 Å². The second kappa shape index (κ2) is 6.03. The van der Waals surface area contributed by atoms with Crippen LogP contribution in [0.4, 0.5) is 5.69 Å². The number of nitrogens with one attached hydrogen (secondary N) is 1. The number of fused-ring (bicyclic) bond motifs is 3. The van der Waals surface area contributed by atoms with Crippen LogP contribution in [0.1, 0.15) is 52.2 Å². The van der Waals surface area contributed by atoms with Crippen molar-refractivity contribution in [2.24, 2.45) is 0 Å². The number of hydrogen-bond acceptors (Lipinski definition) is 2. The first-order valence-electron chi connectivity index (χ1n) is 9.33. The number of hydrogen-bond donors (Lipinski definition) is 1. The second-order valence-corrected chi connectivity index (χ2v) is 8.15. The zero-order valence-electron chi connectivity index (χ0n) is 14.3. The normalized spacial score (nSPS) is 16.5. The van der Waals surface area contributed by atoms with Crippen molar-refractivity contribution in [1.82, 2.24) is 4.57 Å². The zero-order chi connectivity index (χ0) is 16.8. The van der Waals surface area contributed by atoms with E-state index in [0.29, 0.717) is 0 Å². The van der Waals surface area contributed by atoms with Crippen molar-refractivity contribution in [1.29, 1.82) is 0 Å². The summed E-state index contributed by atoms with van der Waals surface area (Å²) >= 11 is 1.49. The van der Waals surface area contributed by atoms with Crippen molar-refractivity contribution < 1.29 is 4.79 Å². The molecule has 0 saturated carbocycles. The smallest absolute Gasteiger partial charge is 0.265 e. The van der Waals surface area contributed by atoms with E-state index >= 15 is 0 Å². The molecule has 2 aromatic heterocycles.